The highest BCUT2D eigenvalue weighted by molar-refractivity contribution is 6.15. The first-order chi connectivity index (χ1) is 15.1. The average Bonchev–Trinajstić information content (AvgIpc) is 3.39. The number of hydrogen-bond donors (Lipinski definition) is 0. The minimum Gasteiger partial charge on any atom is -0.339 e. The van der Waals surface area contributed by atoms with E-state index in [1.165, 1.54) is 12.1 Å². The Labute approximate surface area is 184 Å². The summed E-state index contributed by atoms with van der Waals surface area (Å²) in [7, 11) is 3.62. The monoisotopic (exact) mass is 445 g/mol. The van der Waals surface area contributed by atoms with E-state index in [-0.39, 0.29) is 17.5 Å². The number of halogens is 3. The Balaban J connectivity index is 1.42. The van der Waals surface area contributed by atoms with Crippen molar-refractivity contribution in [2.75, 3.05) is 7.05 Å². The molecule has 9 heteroatoms. The van der Waals surface area contributed by atoms with Crippen molar-refractivity contribution >= 4 is 17.3 Å². The molecule has 0 N–H and O–H groups in total. The zero-order valence-corrected chi connectivity index (χ0v) is 18.4. The van der Waals surface area contributed by atoms with Gasteiger partial charge in [-0.3, -0.25) is 4.79 Å². The van der Waals surface area contributed by atoms with E-state index in [0.29, 0.717) is 6.42 Å². The normalized spacial score (nSPS) is 21.3. The molecule has 2 heterocycles. The first kappa shape index (κ1) is 22.2. The van der Waals surface area contributed by atoms with Crippen LogP contribution >= 0.6 is 0 Å². The van der Waals surface area contributed by atoms with Crippen LogP contribution in [0.4, 0.5) is 13.2 Å². The SMILES string of the molecule is Cc1ncc(C2=NN=C([C@H]3CCC[C@@H](N(C)C(=O)c4cccc(C(F)(F)F)c4)C3)C2)n1C. The third-order valence-electron chi connectivity index (χ3n) is 6.59. The summed E-state index contributed by atoms with van der Waals surface area (Å²) in [5, 5.41) is 8.82. The van der Waals surface area contributed by atoms with E-state index in [1.807, 2.05) is 18.5 Å². The molecule has 0 spiro atoms. The Bertz CT molecular complexity index is 1090. The van der Waals surface area contributed by atoms with E-state index in [2.05, 4.69) is 15.2 Å². The second-order valence-corrected chi connectivity index (χ2v) is 8.58. The molecule has 4 rings (SSSR count). The molecule has 170 valence electrons. The van der Waals surface area contributed by atoms with E-state index >= 15 is 0 Å². The van der Waals surface area contributed by atoms with Gasteiger partial charge in [0.25, 0.3) is 5.91 Å². The number of amides is 1. The summed E-state index contributed by atoms with van der Waals surface area (Å²) < 4.78 is 41.1. The maximum atomic E-state index is 13.0. The summed E-state index contributed by atoms with van der Waals surface area (Å²) in [6.45, 7) is 1.93. The van der Waals surface area contributed by atoms with Crippen LogP contribution in [0, 0.1) is 12.8 Å². The molecule has 1 aliphatic heterocycles. The van der Waals surface area contributed by atoms with Gasteiger partial charge < -0.3 is 9.47 Å². The zero-order valence-electron chi connectivity index (χ0n) is 18.4. The molecule has 0 radical (unpaired) electrons. The van der Waals surface area contributed by atoms with E-state index in [4.69, 9.17) is 0 Å². The number of benzene rings is 1. The Hall–Kier alpha value is -2.97. The highest BCUT2D eigenvalue weighted by Crippen LogP contribution is 2.33. The molecule has 1 saturated carbocycles. The Morgan fingerprint density at radius 3 is 2.69 bits per heavy atom. The molecule has 1 fully saturated rings. The van der Waals surface area contributed by atoms with Crippen LogP contribution in [0.2, 0.25) is 0 Å². The minimum atomic E-state index is -4.48. The van der Waals surface area contributed by atoms with Crippen LogP contribution < -0.4 is 0 Å². The van der Waals surface area contributed by atoms with Gasteiger partial charge in [0, 0.05) is 43.8 Å². The quantitative estimate of drug-likeness (QED) is 0.689. The van der Waals surface area contributed by atoms with Gasteiger partial charge in [-0.05, 0) is 44.4 Å². The fraction of sp³-hybridized carbons (Fsp3) is 0.478. The number of aryl methyl sites for hydroxylation is 1. The summed E-state index contributed by atoms with van der Waals surface area (Å²) in [5.74, 6) is 0.710. The second kappa shape index (κ2) is 8.52. The standard InChI is InChI=1S/C23H26F3N5O/c1-14-27-13-21(30(14)2)20-12-19(28-29-20)15-6-5-9-18(11-15)31(3)22(32)16-7-4-8-17(10-16)23(24,25)26/h4,7-8,10,13,15,18H,5-6,9,11-12H2,1-3H3/t15-,18+/m0/s1. The zero-order chi connectivity index (χ0) is 23.0. The Morgan fingerprint density at radius 1 is 1.22 bits per heavy atom. The van der Waals surface area contributed by atoms with Crippen molar-refractivity contribution in [3.63, 3.8) is 0 Å². The first-order valence-corrected chi connectivity index (χ1v) is 10.7. The molecule has 2 aromatic rings. The number of hydrogen-bond acceptors (Lipinski definition) is 4. The number of imidazole rings is 1. The third kappa shape index (κ3) is 4.33. The summed E-state index contributed by atoms with van der Waals surface area (Å²) in [6, 6.07) is 4.57. The van der Waals surface area contributed by atoms with Crippen molar-refractivity contribution in [1.82, 2.24) is 14.5 Å². The molecule has 2 aliphatic rings. The van der Waals surface area contributed by atoms with Crippen molar-refractivity contribution in [1.29, 1.82) is 0 Å². The summed E-state index contributed by atoms with van der Waals surface area (Å²) in [6.07, 6.45) is 1.42. The number of nitrogens with zero attached hydrogens (tertiary/aromatic N) is 5. The molecule has 0 saturated heterocycles. The summed E-state index contributed by atoms with van der Waals surface area (Å²) in [4.78, 5) is 18.8. The predicted molar refractivity (Wildman–Crippen MR) is 116 cm³/mol. The predicted octanol–water partition coefficient (Wildman–Crippen LogP) is 4.63. The fourth-order valence-electron chi connectivity index (χ4n) is 4.52. The fourth-order valence-corrected chi connectivity index (χ4v) is 4.52. The lowest BCUT2D eigenvalue weighted by Gasteiger charge is -2.35. The number of aromatic nitrogens is 2. The highest BCUT2D eigenvalue weighted by Gasteiger charge is 2.34. The minimum absolute atomic E-state index is 0.0542. The largest absolute Gasteiger partial charge is 0.416 e. The Kier molecular flexibility index (Phi) is 5.92. The first-order valence-electron chi connectivity index (χ1n) is 10.7. The van der Waals surface area contributed by atoms with Crippen molar-refractivity contribution in [2.45, 2.75) is 51.2 Å². The maximum Gasteiger partial charge on any atom is 0.416 e. The smallest absolute Gasteiger partial charge is 0.339 e. The van der Waals surface area contributed by atoms with Crippen LogP contribution in [0.15, 0.2) is 40.7 Å². The molecule has 32 heavy (non-hydrogen) atoms. The maximum absolute atomic E-state index is 13.0. The van der Waals surface area contributed by atoms with E-state index in [0.717, 1.165) is 60.8 Å². The van der Waals surface area contributed by atoms with Crippen LogP contribution in [0.25, 0.3) is 0 Å². The molecule has 0 unspecified atom stereocenters. The molecule has 1 amide bonds. The lowest BCUT2D eigenvalue weighted by Crippen LogP contribution is -2.41. The molecule has 1 aromatic heterocycles. The van der Waals surface area contributed by atoms with Crippen molar-refractivity contribution < 1.29 is 18.0 Å². The lowest BCUT2D eigenvalue weighted by molar-refractivity contribution is -0.137. The Morgan fingerprint density at radius 2 is 2.00 bits per heavy atom. The van der Waals surface area contributed by atoms with E-state index in [1.54, 1.807) is 18.1 Å². The number of carbonyl (C=O) groups is 1. The third-order valence-corrected chi connectivity index (χ3v) is 6.59. The van der Waals surface area contributed by atoms with Crippen molar-refractivity contribution in [3.05, 3.63) is 53.1 Å². The molecule has 1 aromatic carbocycles. The van der Waals surface area contributed by atoms with Crippen LogP contribution in [-0.4, -0.2) is 44.9 Å². The molecular formula is C23H26F3N5O. The number of alkyl halides is 3. The highest BCUT2D eigenvalue weighted by atomic mass is 19.4. The van der Waals surface area contributed by atoms with Crippen LogP contribution in [0.1, 0.15) is 59.5 Å². The van der Waals surface area contributed by atoms with E-state index in [9.17, 15) is 18.0 Å². The van der Waals surface area contributed by atoms with Gasteiger partial charge >= 0.3 is 6.18 Å². The van der Waals surface area contributed by atoms with Crippen LogP contribution in [0.3, 0.4) is 0 Å². The van der Waals surface area contributed by atoms with E-state index < -0.39 is 17.6 Å². The summed E-state index contributed by atoms with van der Waals surface area (Å²) in [5.41, 5.74) is 2.08. The van der Waals surface area contributed by atoms with Crippen LogP contribution in [0.5, 0.6) is 0 Å². The molecule has 1 aliphatic carbocycles. The molecule has 2 atom stereocenters. The van der Waals surface area contributed by atoms with Gasteiger partial charge in [0.05, 0.1) is 23.2 Å². The number of rotatable bonds is 4. The van der Waals surface area contributed by atoms with Gasteiger partial charge in [-0.25, -0.2) is 4.98 Å². The molecule has 6 nitrogen and oxygen atoms in total. The van der Waals surface area contributed by atoms with Gasteiger partial charge in [0.2, 0.25) is 0 Å². The van der Waals surface area contributed by atoms with Gasteiger partial charge in [0.15, 0.2) is 0 Å². The van der Waals surface area contributed by atoms with Gasteiger partial charge in [-0.1, -0.05) is 12.5 Å². The topological polar surface area (TPSA) is 62.9 Å². The second-order valence-electron chi connectivity index (χ2n) is 8.58. The van der Waals surface area contributed by atoms with Crippen LogP contribution in [-0.2, 0) is 13.2 Å². The van der Waals surface area contributed by atoms with Gasteiger partial charge in [0.1, 0.15) is 5.82 Å². The molecule has 0 bridgehead atoms. The average molecular weight is 445 g/mol. The van der Waals surface area contributed by atoms with Crippen molar-refractivity contribution in [3.8, 4) is 0 Å². The molecular weight excluding hydrogens is 419 g/mol. The summed E-state index contributed by atoms with van der Waals surface area (Å²) >= 11 is 0. The number of carbonyl (C=O) groups excluding carboxylic acids is 1. The van der Waals surface area contributed by atoms with Crippen molar-refractivity contribution in [2.24, 2.45) is 23.2 Å². The lowest BCUT2D eigenvalue weighted by atomic mass is 9.80. The van der Waals surface area contributed by atoms with Gasteiger partial charge in [-0.2, -0.15) is 23.4 Å². The van der Waals surface area contributed by atoms with Gasteiger partial charge in [-0.15, -0.1) is 0 Å².